The molecule has 3 nitrogen and oxygen atoms in total. The first kappa shape index (κ1) is 12.5. The Bertz CT molecular complexity index is 593. The second-order valence-corrected chi connectivity index (χ2v) is 5.33. The molecule has 4 heteroatoms. The topological polar surface area (TPSA) is 28.3 Å². The number of methoxy groups -OCH3 is 1. The number of nitrogens with zero attached hydrogens (tertiary/aromatic N) is 1. The number of halogens is 1. The number of hydrogen-bond acceptors (Lipinski definition) is 2. The van der Waals surface area contributed by atoms with Gasteiger partial charge < -0.3 is 14.6 Å². The molecule has 0 amide bonds. The van der Waals surface area contributed by atoms with Gasteiger partial charge in [-0.25, -0.2) is 4.39 Å². The summed E-state index contributed by atoms with van der Waals surface area (Å²) in [4.78, 5) is 5.43. The van der Waals surface area contributed by atoms with Crippen molar-refractivity contribution in [2.45, 2.75) is 25.3 Å². The van der Waals surface area contributed by atoms with Crippen molar-refractivity contribution in [2.75, 3.05) is 20.7 Å². The van der Waals surface area contributed by atoms with Gasteiger partial charge >= 0.3 is 0 Å². The fraction of sp³-hybridized carbons (Fsp3) is 0.467. The molecule has 0 unspecified atom stereocenters. The summed E-state index contributed by atoms with van der Waals surface area (Å²) in [5.41, 5.74) is 1.75. The molecular weight excluding hydrogens is 243 g/mol. The molecule has 1 aromatic heterocycles. The Labute approximate surface area is 112 Å². The van der Waals surface area contributed by atoms with E-state index in [0.717, 1.165) is 18.4 Å². The molecule has 1 atom stereocenters. The number of aromatic nitrogens is 1. The van der Waals surface area contributed by atoms with Crippen LogP contribution in [-0.4, -0.2) is 36.6 Å². The van der Waals surface area contributed by atoms with Crippen molar-refractivity contribution in [3.8, 4) is 5.75 Å². The number of rotatable bonds is 3. The molecule has 1 aliphatic rings. The van der Waals surface area contributed by atoms with E-state index in [2.05, 4.69) is 16.9 Å². The van der Waals surface area contributed by atoms with Gasteiger partial charge in [-0.15, -0.1) is 0 Å². The van der Waals surface area contributed by atoms with Crippen LogP contribution in [0.25, 0.3) is 10.9 Å². The Morgan fingerprint density at radius 2 is 2.32 bits per heavy atom. The normalized spacial score (nSPS) is 20.3. The summed E-state index contributed by atoms with van der Waals surface area (Å²) in [6.45, 7) is 1.16. The standard InChI is InChI=1S/C15H19FN2O/c1-18-5-3-4-11(18)6-10-9-17-15-13(10)7-12(19-2)8-14(15)16/h7-9,11,17H,3-6H2,1-2H3/t11-/m1/s1. The van der Waals surface area contributed by atoms with Crippen LogP contribution < -0.4 is 4.74 Å². The molecule has 1 fully saturated rings. The van der Waals surface area contributed by atoms with Crippen LogP contribution in [0.5, 0.6) is 5.75 Å². The fourth-order valence-corrected chi connectivity index (χ4v) is 3.00. The monoisotopic (exact) mass is 262 g/mol. The van der Waals surface area contributed by atoms with Crippen molar-refractivity contribution in [3.63, 3.8) is 0 Å². The van der Waals surface area contributed by atoms with Gasteiger partial charge in [0.1, 0.15) is 5.75 Å². The molecule has 2 aromatic rings. The maximum atomic E-state index is 13.9. The zero-order chi connectivity index (χ0) is 13.4. The lowest BCUT2D eigenvalue weighted by Gasteiger charge is -2.18. The zero-order valence-electron chi connectivity index (χ0n) is 11.4. The number of benzene rings is 1. The number of hydrogen-bond donors (Lipinski definition) is 1. The molecule has 1 saturated heterocycles. The number of likely N-dealkylation sites (N-methyl/N-ethyl adjacent to an activating group) is 1. The molecule has 0 saturated carbocycles. The third kappa shape index (κ3) is 2.21. The van der Waals surface area contributed by atoms with Gasteiger partial charge in [-0.3, -0.25) is 0 Å². The zero-order valence-corrected chi connectivity index (χ0v) is 11.4. The third-order valence-electron chi connectivity index (χ3n) is 4.16. The second-order valence-electron chi connectivity index (χ2n) is 5.33. The SMILES string of the molecule is COc1cc(F)c2[nH]cc(C[C@H]3CCCN3C)c2c1. The first-order chi connectivity index (χ1) is 9.19. The summed E-state index contributed by atoms with van der Waals surface area (Å²) in [6.07, 6.45) is 5.36. The molecule has 19 heavy (non-hydrogen) atoms. The van der Waals surface area contributed by atoms with E-state index in [9.17, 15) is 4.39 Å². The summed E-state index contributed by atoms with van der Waals surface area (Å²) >= 11 is 0. The number of nitrogens with one attached hydrogen (secondary N) is 1. The van der Waals surface area contributed by atoms with Crippen molar-refractivity contribution in [1.29, 1.82) is 0 Å². The highest BCUT2D eigenvalue weighted by Gasteiger charge is 2.22. The lowest BCUT2D eigenvalue weighted by atomic mass is 10.0. The Kier molecular flexibility index (Phi) is 3.19. The van der Waals surface area contributed by atoms with Crippen LogP contribution in [0, 0.1) is 5.82 Å². The molecule has 102 valence electrons. The number of fused-ring (bicyclic) bond motifs is 1. The van der Waals surface area contributed by atoms with Crippen LogP contribution in [0.15, 0.2) is 18.3 Å². The number of likely N-dealkylation sites (tertiary alicyclic amines) is 1. The average molecular weight is 262 g/mol. The molecule has 1 aliphatic heterocycles. The molecule has 0 bridgehead atoms. The third-order valence-corrected chi connectivity index (χ3v) is 4.16. The molecule has 0 aliphatic carbocycles. The summed E-state index contributed by atoms with van der Waals surface area (Å²) < 4.78 is 19.1. The van der Waals surface area contributed by atoms with E-state index < -0.39 is 0 Å². The Balaban J connectivity index is 1.97. The van der Waals surface area contributed by atoms with Crippen LogP contribution in [0.4, 0.5) is 4.39 Å². The minimum Gasteiger partial charge on any atom is -0.497 e. The smallest absolute Gasteiger partial charge is 0.150 e. The summed E-state index contributed by atoms with van der Waals surface area (Å²) in [5, 5.41) is 0.942. The lowest BCUT2D eigenvalue weighted by molar-refractivity contribution is 0.310. The first-order valence-electron chi connectivity index (χ1n) is 6.73. The molecule has 1 aromatic carbocycles. The van der Waals surface area contributed by atoms with E-state index in [4.69, 9.17) is 4.74 Å². The highest BCUT2D eigenvalue weighted by molar-refractivity contribution is 5.85. The van der Waals surface area contributed by atoms with Crippen molar-refractivity contribution in [1.82, 2.24) is 9.88 Å². The van der Waals surface area contributed by atoms with E-state index >= 15 is 0 Å². The van der Waals surface area contributed by atoms with Gasteiger partial charge in [-0.2, -0.15) is 0 Å². The van der Waals surface area contributed by atoms with Gasteiger partial charge in [0.15, 0.2) is 5.82 Å². The van der Waals surface area contributed by atoms with Gasteiger partial charge in [-0.05, 0) is 44.5 Å². The minimum absolute atomic E-state index is 0.250. The predicted octanol–water partition coefficient (Wildman–Crippen LogP) is 2.95. The van der Waals surface area contributed by atoms with Gasteiger partial charge in [0, 0.05) is 23.7 Å². The van der Waals surface area contributed by atoms with Crippen LogP contribution in [0.3, 0.4) is 0 Å². The highest BCUT2D eigenvalue weighted by Crippen LogP contribution is 2.29. The van der Waals surface area contributed by atoms with Gasteiger partial charge in [0.05, 0.1) is 12.6 Å². The first-order valence-corrected chi connectivity index (χ1v) is 6.73. The largest absolute Gasteiger partial charge is 0.497 e. The highest BCUT2D eigenvalue weighted by atomic mass is 19.1. The average Bonchev–Trinajstić information content (AvgIpc) is 2.98. The number of H-pyrrole nitrogens is 1. The number of aromatic amines is 1. The van der Waals surface area contributed by atoms with E-state index in [1.54, 1.807) is 7.11 Å². The van der Waals surface area contributed by atoms with Crippen LogP contribution in [-0.2, 0) is 6.42 Å². The van der Waals surface area contributed by atoms with Crippen LogP contribution >= 0.6 is 0 Å². The fourth-order valence-electron chi connectivity index (χ4n) is 3.00. The quantitative estimate of drug-likeness (QED) is 0.921. The summed E-state index contributed by atoms with van der Waals surface area (Å²) in [7, 11) is 3.73. The number of ether oxygens (including phenoxy) is 1. The Hall–Kier alpha value is -1.55. The Morgan fingerprint density at radius 1 is 1.47 bits per heavy atom. The van der Waals surface area contributed by atoms with Crippen LogP contribution in [0.2, 0.25) is 0 Å². The van der Waals surface area contributed by atoms with Crippen LogP contribution in [0.1, 0.15) is 18.4 Å². The molecule has 0 spiro atoms. The van der Waals surface area contributed by atoms with E-state index in [1.165, 1.54) is 24.5 Å². The molecule has 1 N–H and O–H groups in total. The van der Waals surface area contributed by atoms with E-state index in [-0.39, 0.29) is 5.82 Å². The molecule has 0 radical (unpaired) electrons. The van der Waals surface area contributed by atoms with Crippen molar-refractivity contribution in [3.05, 3.63) is 29.7 Å². The van der Waals surface area contributed by atoms with E-state index in [0.29, 0.717) is 17.3 Å². The van der Waals surface area contributed by atoms with E-state index in [1.807, 2.05) is 12.3 Å². The second kappa shape index (κ2) is 4.85. The molecule has 3 rings (SSSR count). The Morgan fingerprint density at radius 3 is 3.00 bits per heavy atom. The molecular formula is C15H19FN2O. The maximum absolute atomic E-state index is 13.9. The van der Waals surface area contributed by atoms with Crippen molar-refractivity contribution >= 4 is 10.9 Å². The predicted molar refractivity (Wildman–Crippen MR) is 74.2 cm³/mol. The van der Waals surface area contributed by atoms with Crippen molar-refractivity contribution in [2.24, 2.45) is 0 Å². The van der Waals surface area contributed by atoms with Gasteiger partial charge in [0.2, 0.25) is 0 Å². The molecule has 2 heterocycles. The maximum Gasteiger partial charge on any atom is 0.150 e. The van der Waals surface area contributed by atoms with Crippen molar-refractivity contribution < 1.29 is 9.13 Å². The minimum atomic E-state index is -0.250. The summed E-state index contributed by atoms with van der Waals surface area (Å²) in [6, 6.07) is 3.90. The van der Waals surface area contributed by atoms with Gasteiger partial charge in [-0.1, -0.05) is 0 Å². The summed E-state index contributed by atoms with van der Waals surface area (Å²) in [5.74, 6) is 0.325. The lowest BCUT2D eigenvalue weighted by Crippen LogP contribution is -2.26. The van der Waals surface area contributed by atoms with Gasteiger partial charge in [0.25, 0.3) is 0 Å².